The lowest BCUT2D eigenvalue weighted by molar-refractivity contribution is 0.548. The van der Waals surface area contributed by atoms with Crippen LogP contribution in [0.3, 0.4) is 0 Å². The summed E-state index contributed by atoms with van der Waals surface area (Å²) in [6.45, 7) is 2.29. The van der Waals surface area contributed by atoms with E-state index in [1.807, 2.05) is 11.8 Å². The van der Waals surface area contributed by atoms with Gasteiger partial charge in [0, 0.05) is 11.6 Å². The molecule has 2 heteroatoms. The molecule has 0 radical (unpaired) electrons. The zero-order chi connectivity index (χ0) is 13.3. The number of hydrogen-bond acceptors (Lipinski definition) is 1. The lowest BCUT2D eigenvalue weighted by atomic mass is 10.1. The zero-order valence-corrected chi connectivity index (χ0v) is 14.0. The van der Waals surface area contributed by atoms with Crippen LogP contribution in [-0.2, 0) is 0 Å². The average molecular weight is 293 g/mol. The third-order valence-electron chi connectivity index (χ3n) is 3.36. The van der Waals surface area contributed by atoms with E-state index in [2.05, 4.69) is 6.92 Å². The molecule has 0 aromatic carbocycles. The molecule has 0 aliphatic carbocycles. The molecule has 0 atom stereocenters. The summed E-state index contributed by atoms with van der Waals surface area (Å²) in [5.41, 5.74) is 0. The van der Waals surface area contributed by atoms with Crippen LogP contribution < -0.4 is 0 Å². The summed E-state index contributed by atoms with van der Waals surface area (Å²) < 4.78 is 0. The van der Waals surface area contributed by atoms with E-state index in [-0.39, 0.29) is 0 Å². The predicted octanol–water partition coefficient (Wildman–Crippen LogP) is 6.66. The van der Waals surface area contributed by atoms with Crippen molar-refractivity contribution in [1.82, 2.24) is 0 Å². The Hall–Kier alpha value is 0.640. The monoisotopic (exact) mass is 292 g/mol. The number of thioether (sulfide) groups is 1. The quantitative estimate of drug-likeness (QED) is 0.240. The molecule has 0 aromatic rings. The van der Waals surface area contributed by atoms with Crippen LogP contribution in [0.15, 0.2) is 0 Å². The number of hydrogen-bond donors (Lipinski definition) is 0. The van der Waals surface area contributed by atoms with Crippen molar-refractivity contribution >= 4 is 23.4 Å². The highest BCUT2D eigenvalue weighted by Crippen LogP contribution is 2.13. The molecule has 110 valence electrons. The first kappa shape index (κ1) is 18.6. The SMILES string of the molecule is CCCCCCCCCCCCCCSCCCl. The van der Waals surface area contributed by atoms with Crippen LogP contribution in [-0.4, -0.2) is 17.4 Å². The first-order valence-electron chi connectivity index (χ1n) is 8.05. The molecule has 0 saturated heterocycles. The number of rotatable bonds is 15. The van der Waals surface area contributed by atoms with Crippen molar-refractivity contribution in [2.24, 2.45) is 0 Å². The minimum Gasteiger partial charge on any atom is -0.161 e. The Morgan fingerprint density at radius 3 is 1.50 bits per heavy atom. The summed E-state index contributed by atoms with van der Waals surface area (Å²) in [5.74, 6) is 3.24. The van der Waals surface area contributed by atoms with E-state index in [1.54, 1.807) is 0 Å². The van der Waals surface area contributed by atoms with Gasteiger partial charge in [-0.3, -0.25) is 0 Å². The number of alkyl halides is 1. The molecule has 0 nitrogen and oxygen atoms in total. The maximum absolute atomic E-state index is 5.63. The zero-order valence-electron chi connectivity index (χ0n) is 12.4. The standard InChI is InChI=1S/C16H33ClS/c1-2-3-4-5-6-7-8-9-10-11-12-13-15-18-16-14-17/h2-16H2,1H3. The molecule has 0 aliphatic rings. The van der Waals surface area contributed by atoms with E-state index in [9.17, 15) is 0 Å². The molecule has 0 aliphatic heterocycles. The van der Waals surface area contributed by atoms with Crippen molar-refractivity contribution in [2.75, 3.05) is 17.4 Å². The Morgan fingerprint density at radius 1 is 0.611 bits per heavy atom. The van der Waals surface area contributed by atoms with Gasteiger partial charge >= 0.3 is 0 Å². The largest absolute Gasteiger partial charge is 0.161 e. The molecule has 0 aromatic heterocycles. The molecular weight excluding hydrogens is 260 g/mol. The number of halogens is 1. The summed E-state index contributed by atoms with van der Waals surface area (Å²) in [6, 6.07) is 0. The maximum atomic E-state index is 5.63. The first-order valence-corrected chi connectivity index (χ1v) is 9.74. The molecule has 0 amide bonds. The van der Waals surface area contributed by atoms with Gasteiger partial charge in [-0.1, -0.05) is 77.6 Å². The maximum Gasteiger partial charge on any atom is 0.0314 e. The molecule has 0 bridgehead atoms. The Balaban J connectivity index is 2.86. The summed E-state index contributed by atoms with van der Waals surface area (Å²) in [6.07, 6.45) is 17.3. The Morgan fingerprint density at radius 2 is 1.06 bits per heavy atom. The van der Waals surface area contributed by atoms with Gasteiger partial charge in [-0.25, -0.2) is 0 Å². The Bertz CT molecular complexity index is 123. The topological polar surface area (TPSA) is 0 Å². The second-order valence-electron chi connectivity index (χ2n) is 5.19. The molecule has 18 heavy (non-hydrogen) atoms. The van der Waals surface area contributed by atoms with Crippen LogP contribution in [0.2, 0.25) is 0 Å². The van der Waals surface area contributed by atoms with E-state index in [0.717, 1.165) is 11.6 Å². The van der Waals surface area contributed by atoms with E-state index in [4.69, 9.17) is 11.6 Å². The second kappa shape index (κ2) is 17.6. The molecule has 0 rings (SSSR count). The third kappa shape index (κ3) is 16.6. The van der Waals surface area contributed by atoms with Crippen molar-refractivity contribution in [3.05, 3.63) is 0 Å². The third-order valence-corrected chi connectivity index (χ3v) is 4.85. The van der Waals surface area contributed by atoms with Gasteiger partial charge in [-0.2, -0.15) is 11.8 Å². The van der Waals surface area contributed by atoms with E-state index in [0.29, 0.717) is 0 Å². The molecule has 0 N–H and O–H groups in total. The van der Waals surface area contributed by atoms with Crippen LogP contribution in [0.4, 0.5) is 0 Å². The fourth-order valence-electron chi connectivity index (χ4n) is 2.20. The summed E-state index contributed by atoms with van der Waals surface area (Å²) in [5, 5.41) is 0. The fourth-order valence-corrected chi connectivity index (χ4v) is 3.25. The fraction of sp³-hybridized carbons (Fsp3) is 1.00. The van der Waals surface area contributed by atoms with Gasteiger partial charge < -0.3 is 0 Å². The predicted molar refractivity (Wildman–Crippen MR) is 89.1 cm³/mol. The molecule has 0 heterocycles. The molecule has 0 saturated carbocycles. The summed E-state index contributed by atoms with van der Waals surface area (Å²) in [4.78, 5) is 0. The van der Waals surface area contributed by atoms with Crippen LogP contribution >= 0.6 is 23.4 Å². The Kier molecular flexibility index (Phi) is 18.3. The average Bonchev–Trinajstić information content (AvgIpc) is 2.39. The smallest absolute Gasteiger partial charge is 0.0314 e. The van der Waals surface area contributed by atoms with Crippen LogP contribution in [0.25, 0.3) is 0 Å². The highest BCUT2D eigenvalue weighted by molar-refractivity contribution is 7.99. The van der Waals surface area contributed by atoms with Gasteiger partial charge in [0.05, 0.1) is 0 Å². The van der Waals surface area contributed by atoms with E-state index in [1.165, 1.54) is 82.8 Å². The van der Waals surface area contributed by atoms with Gasteiger partial charge in [0.25, 0.3) is 0 Å². The molecule has 0 unspecified atom stereocenters. The van der Waals surface area contributed by atoms with Crippen molar-refractivity contribution in [2.45, 2.75) is 84.0 Å². The lowest BCUT2D eigenvalue weighted by Gasteiger charge is -2.02. The van der Waals surface area contributed by atoms with Gasteiger partial charge in [0.1, 0.15) is 0 Å². The highest BCUT2D eigenvalue weighted by atomic mass is 35.5. The van der Waals surface area contributed by atoms with Crippen LogP contribution in [0.1, 0.15) is 84.0 Å². The van der Waals surface area contributed by atoms with Gasteiger partial charge in [0.15, 0.2) is 0 Å². The van der Waals surface area contributed by atoms with Crippen molar-refractivity contribution in [3.8, 4) is 0 Å². The molecule has 0 spiro atoms. The van der Waals surface area contributed by atoms with E-state index >= 15 is 0 Å². The van der Waals surface area contributed by atoms with Crippen LogP contribution in [0, 0.1) is 0 Å². The minimum atomic E-state index is 0.808. The van der Waals surface area contributed by atoms with Crippen molar-refractivity contribution < 1.29 is 0 Å². The minimum absolute atomic E-state index is 0.808. The normalized spacial score (nSPS) is 11.0. The highest BCUT2D eigenvalue weighted by Gasteiger charge is 1.93. The first-order chi connectivity index (χ1) is 8.91. The van der Waals surface area contributed by atoms with E-state index < -0.39 is 0 Å². The second-order valence-corrected chi connectivity index (χ2v) is 6.79. The Labute approximate surface area is 125 Å². The van der Waals surface area contributed by atoms with Gasteiger partial charge in [0.2, 0.25) is 0 Å². The summed E-state index contributed by atoms with van der Waals surface area (Å²) >= 11 is 7.63. The van der Waals surface area contributed by atoms with Crippen molar-refractivity contribution in [1.29, 1.82) is 0 Å². The molecular formula is C16H33ClS. The summed E-state index contributed by atoms with van der Waals surface area (Å²) in [7, 11) is 0. The lowest BCUT2D eigenvalue weighted by Crippen LogP contribution is -1.86. The van der Waals surface area contributed by atoms with Gasteiger partial charge in [-0.05, 0) is 12.2 Å². The van der Waals surface area contributed by atoms with Crippen LogP contribution in [0.5, 0.6) is 0 Å². The van der Waals surface area contributed by atoms with Crippen molar-refractivity contribution in [3.63, 3.8) is 0 Å². The number of unbranched alkanes of at least 4 members (excludes halogenated alkanes) is 11. The van der Waals surface area contributed by atoms with Gasteiger partial charge in [-0.15, -0.1) is 11.6 Å². The molecule has 0 fully saturated rings.